The molecule has 5 heterocycles. The Hall–Kier alpha value is -2.74. The average molecular weight is 495 g/mol. The highest BCUT2D eigenvalue weighted by molar-refractivity contribution is 5.65. The number of aryl methyl sites for hydroxylation is 1. The summed E-state index contributed by atoms with van der Waals surface area (Å²) in [7, 11) is 0. The molecule has 0 bridgehead atoms. The summed E-state index contributed by atoms with van der Waals surface area (Å²) in [6.07, 6.45) is 8.10. The third kappa shape index (κ3) is 5.33. The van der Waals surface area contributed by atoms with E-state index in [9.17, 15) is 0 Å². The van der Waals surface area contributed by atoms with Crippen LogP contribution in [-0.2, 0) is 0 Å². The van der Waals surface area contributed by atoms with Gasteiger partial charge >= 0.3 is 0 Å². The molecule has 2 unspecified atom stereocenters. The molecule has 0 aliphatic carbocycles. The minimum Gasteiger partial charge on any atom is -0.490 e. The molecule has 2 aromatic heterocycles. The highest BCUT2D eigenvalue weighted by atomic mass is 16.5. The van der Waals surface area contributed by atoms with Gasteiger partial charge in [-0.15, -0.1) is 0 Å². The van der Waals surface area contributed by atoms with Crippen molar-refractivity contribution in [3.8, 4) is 5.75 Å². The van der Waals surface area contributed by atoms with Crippen LogP contribution in [0.4, 0.5) is 23.1 Å². The fourth-order valence-electron chi connectivity index (χ4n) is 6.01. The molecule has 0 spiro atoms. The zero-order valence-electron chi connectivity index (χ0n) is 22.2. The van der Waals surface area contributed by atoms with E-state index in [1.54, 1.807) is 6.20 Å². The number of ether oxygens (including phenoxy) is 1. The number of pyridine rings is 2. The number of aromatic nitrogens is 2. The Morgan fingerprint density at radius 3 is 2.39 bits per heavy atom. The summed E-state index contributed by atoms with van der Waals surface area (Å²) in [5, 5.41) is 9.02. The maximum Gasteiger partial charge on any atom is 0.138 e. The van der Waals surface area contributed by atoms with Crippen molar-refractivity contribution in [2.45, 2.75) is 65.0 Å². The van der Waals surface area contributed by atoms with Gasteiger partial charge in [0.05, 0.1) is 12.8 Å². The van der Waals surface area contributed by atoms with Crippen LogP contribution in [0.15, 0.2) is 24.4 Å². The highest BCUT2D eigenvalue weighted by Gasteiger charge is 2.29. The van der Waals surface area contributed by atoms with Crippen LogP contribution in [0.25, 0.3) is 0 Å². The van der Waals surface area contributed by atoms with Gasteiger partial charge in [-0.25, -0.2) is 9.97 Å². The third-order valence-electron chi connectivity index (χ3n) is 7.95. The predicted molar refractivity (Wildman–Crippen MR) is 147 cm³/mol. The number of hydrogen-bond acceptors (Lipinski definition) is 8. The summed E-state index contributed by atoms with van der Waals surface area (Å²) in [6.45, 7) is 13.1. The van der Waals surface area contributed by atoms with Gasteiger partial charge < -0.3 is 29.4 Å². The van der Waals surface area contributed by atoms with E-state index in [2.05, 4.69) is 52.5 Å². The lowest BCUT2D eigenvalue weighted by atomic mass is 10.1. The van der Waals surface area contributed by atoms with Crippen molar-refractivity contribution < 1.29 is 9.84 Å². The van der Waals surface area contributed by atoms with E-state index in [0.717, 1.165) is 62.3 Å². The molecule has 0 amide bonds. The average Bonchev–Trinajstić information content (AvgIpc) is 3.33. The number of aliphatic hydroxyl groups is 1. The van der Waals surface area contributed by atoms with Crippen molar-refractivity contribution in [2.24, 2.45) is 0 Å². The minimum absolute atomic E-state index is 0.00708. The third-order valence-corrected chi connectivity index (χ3v) is 7.95. The van der Waals surface area contributed by atoms with Crippen molar-refractivity contribution in [3.05, 3.63) is 30.0 Å². The van der Waals surface area contributed by atoms with Crippen molar-refractivity contribution in [1.29, 1.82) is 0 Å². The van der Waals surface area contributed by atoms with Crippen LogP contribution in [0.1, 0.15) is 51.5 Å². The van der Waals surface area contributed by atoms with E-state index in [1.165, 1.54) is 37.8 Å². The molecule has 0 radical (unpaired) electrons. The molecular weight excluding hydrogens is 452 g/mol. The summed E-state index contributed by atoms with van der Waals surface area (Å²) < 4.78 is 5.54. The Bertz CT molecular complexity index is 1030. The van der Waals surface area contributed by atoms with E-state index in [-0.39, 0.29) is 6.61 Å². The van der Waals surface area contributed by atoms with E-state index in [1.807, 2.05) is 6.07 Å². The van der Waals surface area contributed by atoms with Crippen molar-refractivity contribution in [2.75, 3.05) is 72.1 Å². The van der Waals surface area contributed by atoms with Crippen LogP contribution in [0.3, 0.4) is 0 Å². The Morgan fingerprint density at radius 2 is 1.69 bits per heavy atom. The molecule has 0 aromatic carbocycles. The van der Waals surface area contributed by atoms with Crippen LogP contribution in [0, 0.1) is 6.92 Å². The number of anilines is 4. The van der Waals surface area contributed by atoms with E-state index >= 15 is 0 Å². The van der Waals surface area contributed by atoms with Gasteiger partial charge in [0.1, 0.15) is 29.8 Å². The summed E-state index contributed by atoms with van der Waals surface area (Å²) in [5.41, 5.74) is 2.40. The number of hydrogen-bond donors (Lipinski definition) is 1. The van der Waals surface area contributed by atoms with E-state index in [4.69, 9.17) is 19.8 Å². The maximum atomic E-state index is 9.02. The number of aliphatic hydroxyl groups excluding tert-OH is 1. The summed E-state index contributed by atoms with van der Waals surface area (Å²) in [5.74, 6) is 4.02. The standard InChI is InChI=1S/C28H42N6O2/c1-21-16-25(36-15-14-35)19-29-28(21)32-12-13-33(23(3)20-32)24-17-26(31-9-5-4-6-10-31)30-27(18-24)34-11-7-8-22(34)2/h16-19,22-23,35H,4-15,20H2,1-3H3. The van der Waals surface area contributed by atoms with Crippen molar-refractivity contribution in [3.63, 3.8) is 0 Å². The molecule has 2 atom stereocenters. The smallest absolute Gasteiger partial charge is 0.138 e. The first kappa shape index (κ1) is 24.9. The second-order valence-electron chi connectivity index (χ2n) is 10.6. The van der Waals surface area contributed by atoms with Gasteiger partial charge in [0, 0.05) is 69.2 Å². The topological polar surface area (TPSA) is 68.2 Å². The lowest BCUT2D eigenvalue weighted by molar-refractivity contribution is 0.201. The lowest BCUT2D eigenvalue weighted by Crippen LogP contribution is -2.52. The number of rotatable bonds is 7. The second kappa shape index (κ2) is 11.1. The summed E-state index contributed by atoms with van der Waals surface area (Å²) in [4.78, 5) is 19.9. The molecule has 2 aromatic rings. The Labute approximate surface area is 215 Å². The molecule has 3 saturated heterocycles. The van der Waals surface area contributed by atoms with Crippen LogP contribution >= 0.6 is 0 Å². The molecule has 5 rings (SSSR count). The molecule has 3 aliphatic heterocycles. The van der Waals surface area contributed by atoms with Gasteiger partial charge in [-0.2, -0.15) is 0 Å². The van der Waals surface area contributed by atoms with Crippen molar-refractivity contribution in [1.82, 2.24) is 9.97 Å². The van der Waals surface area contributed by atoms with Crippen LogP contribution < -0.4 is 24.3 Å². The molecular formula is C28H42N6O2. The minimum atomic E-state index is 0.00708. The number of nitrogens with zero attached hydrogens (tertiary/aromatic N) is 6. The number of piperazine rings is 1. The van der Waals surface area contributed by atoms with Gasteiger partial charge in [-0.3, -0.25) is 0 Å². The molecule has 3 fully saturated rings. The van der Waals surface area contributed by atoms with Gasteiger partial charge in [-0.1, -0.05) is 0 Å². The Balaban J connectivity index is 1.36. The van der Waals surface area contributed by atoms with Gasteiger partial charge in [0.25, 0.3) is 0 Å². The normalized spacial score (nSPS) is 22.9. The first-order valence-corrected chi connectivity index (χ1v) is 13.8. The molecule has 0 saturated carbocycles. The lowest BCUT2D eigenvalue weighted by Gasteiger charge is -2.43. The van der Waals surface area contributed by atoms with E-state index in [0.29, 0.717) is 24.4 Å². The molecule has 8 nitrogen and oxygen atoms in total. The zero-order valence-corrected chi connectivity index (χ0v) is 22.2. The van der Waals surface area contributed by atoms with Crippen LogP contribution in [0.2, 0.25) is 0 Å². The fourth-order valence-corrected chi connectivity index (χ4v) is 6.01. The molecule has 3 aliphatic rings. The Kier molecular flexibility index (Phi) is 7.70. The fraction of sp³-hybridized carbons (Fsp3) is 0.643. The summed E-state index contributed by atoms with van der Waals surface area (Å²) >= 11 is 0. The van der Waals surface area contributed by atoms with Gasteiger partial charge in [0.2, 0.25) is 0 Å². The van der Waals surface area contributed by atoms with Crippen LogP contribution in [-0.4, -0.2) is 79.6 Å². The molecule has 1 N–H and O–H groups in total. The first-order chi connectivity index (χ1) is 17.5. The highest BCUT2D eigenvalue weighted by Crippen LogP contribution is 2.34. The predicted octanol–water partition coefficient (Wildman–Crippen LogP) is 3.85. The van der Waals surface area contributed by atoms with Crippen LogP contribution in [0.5, 0.6) is 5.75 Å². The summed E-state index contributed by atoms with van der Waals surface area (Å²) in [6, 6.07) is 7.59. The molecule has 36 heavy (non-hydrogen) atoms. The second-order valence-corrected chi connectivity index (χ2v) is 10.6. The van der Waals surface area contributed by atoms with Crippen molar-refractivity contribution >= 4 is 23.1 Å². The largest absolute Gasteiger partial charge is 0.490 e. The quantitative estimate of drug-likeness (QED) is 0.623. The maximum absolute atomic E-state index is 9.02. The monoisotopic (exact) mass is 494 g/mol. The first-order valence-electron chi connectivity index (χ1n) is 13.8. The molecule has 196 valence electrons. The van der Waals surface area contributed by atoms with Gasteiger partial charge in [-0.05, 0) is 64.5 Å². The number of piperidine rings is 1. The Morgan fingerprint density at radius 1 is 0.889 bits per heavy atom. The van der Waals surface area contributed by atoms with Gasteiger partial charge in [0.15, 0.2) is 0 Å². The zero-order chi connectivity index (χ0) is 25.1. The molecule has 8 heteroatoms. The van der Waals surface area contributed by atoms with E-state index < -0.39 is 0 Å². The SMILES string of the molecule is Cc1cc(OCCO)cnc1N1CCN(c2cc(N3CCCCC3)nc(N3CCCC3C)c2)C(C)C1.